The van der Waals surface area contributed by atoms with Gasteiger partial charge in [0.1, 0.15) is 11.5 Å². The van der Waals surface area contributed by atoms with E-state index in [4.69, 9.17) is 0 Å². The fourth-order valence-corrected chi connectivity index (χ4v) is 3.98. The van der Waals surface area contributed by atoms with Crippen LogP contribution in [0.15, 0.2) is 59.4 Å². The predicted molar refractivity (Wildman–Crippen MR) is 105 cm³/mol. The maximum atomic E-state index is 13.7. The molecule has 3 aromatic heterocycles. The fourth-order valence-electron chi connectivity index (χ4n) is 3.20. The van der Waals surface area contributed by atoms with Gasteiger partial charge >= 0.3 is 11.0 Å². The standard InChI is InChI=1S/C20H10F4N4OS/c21-13-4-1-10(2-5-13)12-8-16(20(22,23)24)28-17(9-12)26-18(27-28)11-3-6-14-15(7-11)30-19(29)25-14/h1-9H,(H,25,29). The summed E-state index contributed by atoms with van der Waals surface area (Å²) in [5.41, 5.74) is 0.789. The predicted octanol–water partition coefficient (Wildman–Crippen LogP) is 5.12. The highest BCUT2D eigenvalue weighted by molar-refractivity contribution is 7.16. The molecule has 0 amide bonds. The average molecular weight is 430 g/mol. The van der Waals surface area contributed by atoms with E-state index in [0.717, 1.165) is 21.9 Å². The lowest BCUT2D eigenvalue weighted by Gasteiger charge is -2.11. The highest BCUT2D eigenvalue weighted by Gasteiger charge is 2.35. The Morgan fingerprint density at radius 3 is 2.40 bits per heavy atom. The molecule has 1 N–H and O–H groups in total. The number of H-pyrrole nitrogens is 1. The summed E-state index contributed by atoms with van der Waals surface area (Å²) >= 11 is 0.992. The summed E-state index contributed by atoms with van der Waals surface area (Å²) in [6.07, 6.45) is -4.68. The Balaban J connectivity index is 1.71. The number of thiazole rings is 1. The Kier molecular flexibility index (Phi) is 4.00. The van der Waals surface area contributed by atoms with Crippen LogP contribution in [-0.2, 0) is 6.18 Å². The van der Waals surface area contributed by atoms with Crippen LogP contribution >= 0.6 is 11.3 Å². The minimum Gasteiger partial charge on any atom is -0.312 e. The quantitative estimate of drug-likeness (QED) is 0.395. The van der Waals surface area contributed by atoms with Gasteiger partial charge in [0.2, 0.25) is 0 Å². The first-order chi connectivity index (χ1) is 14.3. The molecular weight excluding hydrogens is 420 g/mol. The van der Waals surface area contributed by atoms with Crippen molar-refractivity contribution in [1.29, 1.82) is 0 Å². The zero-order valence-corrected chi connectivity index (χ0v) is 15.7. The van der Waals surface area contributed by atoms with Gasteiger partial charge in [-0.15, -0.1) is 5.10 Å². The van der Waals surface area contributed by atoms with E-state index >= 15 is 0 Å². The van der Waals surface area contributed by atoms with Crippen LogP contribution < -0.4 is 4.87 Å². The lowest BCUT2D eigenvalue weighted by atomic mass is 10.1. The first kappa shape index (κ1) is 18.5. The molecule has 5 rings (SSSR count). The number of alkyl halides is 3. The molecule has 150 valence electrons. The normalized spacial score (nSPS) is 12.1. The summed E-state index contributed by atoms with van der Waals surface area (Å²) in [5.74, 6) is -0.386. The average Bonchev–Trinajstić information content (AvgIpc) is 3.28. The second-order valence-corrected chi connectivity index (χ2v) is 7.58. The first-order valence-corrected chi connectivity index (χ1v) is 9.47. The maximum absolute atomic E-state index is 13.7. The molecule has 0 saturated carbocycles. The van der Waals surface area contributed by atoms with Crippen LogP contribution in [0, 0.1) is 5.82 Å². The molecule has 0 bridgehead atoms. The van der Waals surface area contributed by atoms with Crippen molar-refractivity contribution in [1.82, 2.24) is 19.6 Å². The van der Waals surface area contributed by atoms with E-state index in [1.165, 1.54) is 30.3 Å². The molecule has 5 aromatic rings. The van der Waals surface area contributed by atoms with Crippen molar-refractivity contribution in [3.05, 3.63) is 75.8 Å². The summed E-state index contributed by atoms with van der Waals surface area (Å²) in [5, 5.41) is 4.05. The van der Waals surface area contributed by atoms with Crippen molar-refractivity contribution in [3.8, 4) is 22.5 Å². The van der Waals surface area contributed by atoms with Gasteiger partial charge in [0.05, 0.1) is 10.2 Å². The molecule has 0 aliphatic heterocycles. The number of nitrogens with one attached hydrogen (secondary N) is 1. The Hall–Kier alpha value is -3.53. The molecule has 0 aliphatic carbocycles. The molecule has 0 spiro atoms. The van der Waals surface area contributed by atoms with E-state index in [-0.39, 0.29) is 21.9 Å². The van der Waals surface area contributed by atoms with Crippen molar-refractivity contribution < 1.29 is 17.6 Å². The van der Waals surface area contributed by atoms with E-state index in [1.54, 1.807) is 18.2 Å². The van der Waals surface area contributed by atoms with Crippen molar-refractivity contribution in [3.63, 3.8) is 0 Å². The number of halogens is 4. The van der Waals surface area contributed by atoms with E-state index in [2.05, 4.69) is 15.1 Å². The van der Waals surface area contributed by atoms with E-state index < -0.39 is 17.7 Å². The van der Waals surface area contributed by atoms with Crippen LogP contribution in [0.3, 0.4) is 0 Å². The molecule has 0 atom stereocenters. The summed E-state index contributed by atoms with van der Waals surface area (Å²) in [6, 6.07) is 12.5. The molecule has 5 nitrogen and oxygen atoms in total. The molecular formula is C20H10F4N4OS. The molecule has 0 fully saturated rings. The van der Waals surface area contributed by atoms with Gasteiger partial charge < -0.3 is 4.98 Å². The number of nitrogens with zero attached hydrogens (tertiary/aromatic N) is 3. The molecule has 0 aliphatic rings. The molecule has 10 heteroatoms. The van der Waals surface area contributed by atoms with Gasteiger partial charge in [-0.25, -0.2) is 13.9 Å². The smallest absolute Gasteiger partial charge is 0.312 e. The second-order valence-electron chi connectivity index (χ2n) is 6.56. The van der Waals surface area contributed by atoms with Crippen molar-refractivity contribution in [2.75, 3.05) is 0 Å². The molecule has 0 radical (unpaired) electrons. The molecule has 3 heterocycles. The lowest BCUT2D eigenvalue weighted by molar-refractivity contribution is -0.142. The third-order valence-electron chi connectivity index (χ3n) is 4.58. The van der Waals surface area contributed by atoms with Crippen LogP contribution in [0.5, 0.6) is 0 Å². The van der Waals surface area contributed by atoms with Gasteiger partial charge in [0.15, 0.2) is 11.5 Å². The second kappa shape index (κ2) is 6.49. The van der Waals surface area contributed by atoms with Crippen LogP contribution in [-0.4, -0.2) is 19.6 Å². The third-order valence-corrected chi connectivity index (χ3v) is 5.43. The van der Waals surface area contributed by atoms with Crippen LogP contribution in [0.2, 0.25) is 0 Å². The SMILES string of the molecule is O=c1[nH]c2ccc(-c3nc4cc(-c5ccc(F)cc5)cc(C(F)(F)F)n4n3)cc2s1. The van der Waals surface area contributed by atoms with Crippen LogP contribution in [0.25, 0.3) is 38.4 Å². The summed E-state index contributed by atoms with van der Waals surface area (Å²) in [7, 11) is 0. The van der Waals surface area contributed by atoms with Crippen molar-refractivity contribution in [2.24, 2.45) is 0 Å². The van der Waals surface area contributed by atoms with Gasteiger partial charge in [-0.2, -0.15) is 13.2 Å². The number of hydrogen-bond acceptors (Lipinski definition) is 4. The number of pyridine rings is 1. The van der Waals surface area contributed by atoms with Gasteiger partial charge in [-0.3, -0.25) is 4.79 Å². The largest absolute Gasteiger partial charge is 0.433 e. The third kappa shape index (κ3) is 3.14. The van der Waals surface area contributed by atoms with Crippen LogP contribution in [0.4, 0.5) is 17.6 Å². The monoisotopic (exact) mass is 430 g/mol. The first-order valence-electron chi connectivity index (χ1n) is 8.65. The van der Waals surface area contributed by atoms with Crippen LogP contribution in [0.1, 0.15) is 5.69 Å². The molecule has 0 saturated heterocycles. The topological polar surface area (TPSA) is 63.0 Å². The number of rotatable bonds is 2. The van der Waals surface area contributed by atoms with Crippen molar-refractivity contribution >= 4 is 27.2 Å². The summed E-state index contributed by atoms with van der Waals surface area (Å²) < 4.78 is 55.7. The Morgan fingerprint density at radius 2 is 1.67 bits per heavy atom. The van der Waals surface area contributed by atoms with Crippen molar-refractivity contribution in [2.45, 2.75) is 6.18 Å². The number of benzene rings is 2. The number of aromatic amines is 1. The minimum atomic E-state index is -4.68. The zero-order valence-electron chi connectivity index (χ0n) is 14.9. The highest BCUT2D eigenvalue weighted by Crippen LogP contribution is 2.34. The summed E-state index contributed by atoms with van der Waals surface area (Å²) in [4.78, 5) is 18.2. The lowest BCUT2D eigenvalue weighted by Crippen LogP contribution is -2.12. The van der Waals surface area contributed by atoms with E-state index in [1.807, 2.05) is 0 Å². The van der Waals surface area contributed by atoms with Gasteiger partial charge in [0, 0.05) is 5.56 Å². The molecule has 2 aromatic carbocycles. The fraction of sp³-hybridized carbons (Fsp3) is 0.0500. The number of hydrogen-bond donors (Lipinski definition) is 1. The summed E-state index contributed by atoms with van der Waals surface area (Å²) in [6.45, 7) is 0. The molecule has 30 heavy (non-hydrogen) atoms. The van der Waals surface area contributed by atoms with Gasteiger partial charge in [-0.1, -0.05) is 23.5 Å². The maximum Gasteiger partial charge on any atom is 0.433 e. The van der Waals surface area contributed by atoms with Gasteiger partial charge in [0.25, 0.3) is 0 Å². The minimum absolute atomic E-state index is 0.00139. The highest BCUT2D eigenvalue weighted by atomic mass is 32.1. The molecule has 0 unspecified atom stereocenters. The van der Waals surface area contributed by atoms with E-state index in [0.29, 0.717) is 21.3 Å². The van der Waals surface area contributed by atoms with E-state index in [9.17, 15) is 22.4 Å². The Morgan fingerprint density at radius 1 is 0.933 bits per heavy atom. The Labute approximate surface area is 169 Å². The number of aromatic nitrogens is 4. The number of fused-ring (bicyclic) bond motifs is 2. The van der Waals surface area contributed by atoms with Gasteiger partial charge in [-0.05, 0) is 53.6 Å². The zero-order chi connectivity index (χ0) is 21.0. The Bertz CT molecular complexity index is 1460.